The Morgan fingerprint density at radius 3 is 2.55 bits per heavy atom. The van der Waals surface area contributed by atoms with Crippen molar-refractivity contribution in [2.45, 2.75) is 33.8 Å². The van der Waals surface area contributed by atoms with E-state index in [1.54, 1.807) is 19.1 Å². The van der Waals surface area contributed by atoms with Gasteiger partial charge in [0.25, 0.3) is 11.6 Å². The van der Waals surface area contributed by atoms with Crippen molar-refractivity contribution in [1.82, 2.24) is 15.5 Å². The van der Waals surface area contributed by atoms with Gasteiger partial charge in [-0.1, -0.05) is 19.0 Å². The van der Waals surface area contributed by atoms with Crippen LogP contribution in [0, 0.1) is 18.7 Å². The van der Waals surface area contributed by atoms with Crippen LogP contribution in [0.25, 0.3) is 22.4 Å². The van der Waals surface area contributed by atoms with Gasteiger partial charge in [-0.2, -0.15) is 0 Å². The van der Waals surface area contributed by atoms with E-state index < -0.39 is 12.1 Å². The molecule has 0 bridgehead atoms. The predicted molar refractivity (Wildman–Crippen MR) is 105 cm³/mol. The SMILES string of the molecule is Cc1noc2nc(-c3ccc(F)cc3)cc(C(=O)OC(C)C(=O)NCC(C)C)c12. The van der Waals surface area contributed by atoms with E-state index in [0.717, 1.165) is 0 Å². The number of carbonyl (C=O) groups excluding carboxylic acids is 2. The summed E-state index contributed by atoms with van der Waals surface area (Å²) in [7, 11) is 0. The van der Waals surface area contributed by atoms with E-state index in [4.69, 9.17) is 9.26 Å². The van der Waals surface area contributed by atoms with Gasteiger partial charge in [-0.05, 0) is 50.1 Å². The van der Waals surface area contributed by atoms with E-state index in [1.165, 1.54) is 25.1 Å². The molecule has 1 amide bonds. The number of benzene rings is 1. The van der Waals surface area contributed by atoms with Crippen LogP contribution in [-0.4, -0.2) is 34.7 Å². The topological polar surface area (TPSA) is 94.3 Å². The number of aromatic nitrogens is 2. The average Bonchev–Trinajstić information content (AvgIpc) is 3.06. The molecule has 7 nitrogen and oxygen atoms in total. The number of aryl methyl sites for hydroxylation is 1. The highest BCUT2D eigenvalue weighted by molar-refractivity contribution is 6.05. The molecule has 0 saturated carbocycles. The third kappa shape index (κ3) is 4.59. The van der Waals surface area contributed by atoms with Crippen molar-refractivity contribution in [1.29, 1.82) is 0 Å². The summed E-state index contributed by atoms with van der Waals surface area (Å²) < 4.78 is 23.8. The number of fused-ring (bicyclic) bond motifs is 1. The highest BCUT2D eigenvalue weighted by atomic mass is 19.1. The molecule has 0 aliphatic carbocycles. The molecule has 1 atom stereocenters. The standard InChI is InChI=1S/C21H22FN3O4/c1-11(2)10-23-19(26)13(4)28-21(27)16-9-17(14-5-7-15(22)8-6-14)24-20-18(16)12(3)25-29-20/h5-9,11,13H,10H2,1-4H3,(H,23,26). The van der Waals surface area contributed by atoms with Crippen molar-refractivity contribution in [2.24, 2.45) is 5.92 Å². The zero-order valence-electron chi connectivity index (χ0n) is 16.7. The molecular weight excluding hydrogens is 377 g/mol. The molecule has 29 heavy (non-hydrogen) atoms. The van der Waals surface area contributed by atoms with Crippen molar-refractivity contribution in [2.75, 3.05) is 6.54 Å². The molecule has 0 fully saturated rings. The fourth-order valence-electron chi connectivity index (χ4n) is 2.75. The first-order valence-corrected chi connectivity index (χ1v) is 9.28. The number of carbonyl (C=O) groups is 2. The Bertz CT molecular complexity index is 1040. The highest BCUT2D eigenvalue weighted by Gasteiger charge is 2.24. The van der Waals surface area contributed by atoms with Gasteiger partial charge in [0.2, 0.25) is 0 Å². The number of halogens is 1. The minimum atomic E-state index is -0.973. The summed E-state index contributed by atoms with van der Waals surface area (Å²) in [6.07, 6.45) is -0.973. The zero-order valence-corrected chi connectivity index (χ0v) is 16.7. The molecule has 0 saturated heterocycles. The summed E-state index contributed by atoms with van der Waals surface area (Å²) in [5.74, 6) is -1.18. The minimum Gasteiger partial charge on any atom is -0.449 e. The first-order chi connectivity index (χ1) is 13.8. The molecule has 3 rings (SSSR count). The summed E-state index contributed by atoms with van der Waals surface area (Å²) in [5, 5.41) is 7.01. The summed E-state index contributed by atoms with van der Waals surface area (Å²) in [5.41, 5.74) is 1.81. The van der Waals surface area contributed by atoms with Crippen LogP contribution in [0.2, 0.25) is 0 Å². The molecule has 0 spiro atoms. The van der Waals surface area contributed by atoms with Gasteiger partial charge in [-0.3, -0.25) is 4.79 Å². The van der Waals surface area contributed by atoms with Crippen LogP contribution in [-0.2, 0) is 9.53 Å². The molecular formula is C21H22FN3O4. The molecule has 1 N–H and O–H groups in total. The van der Waals surface area contributed by atoms with Crippen molar-refractivity contribution < 1.29 is 23.2 Å². The Balaban J connectivity index is 1.92. The number of hydrogen-bond acceptors (Lipinski definition) is 6. The Morgan fingerprint density at radius 2 is 1.90 bits per heavy atom. The largest absolute Gasteiger partial charge is 0.449 e. The monoisotopic (exact) mass is 399 g/mol. The molecule has 1 unspecified atom stereocenters. The average molecular weight is 399 g/mol. The molecule has 2 aromatic heterocycles. The first-order valence-electron chi connectivity index (χ1n) is 9.28. The maximum Gasteiger partial charge on any atom is 0.339 e. The third-order valence-electron chi connectivity index (χ3n) is 4.31. The first kappa shape index (κ1) is 20.4. The fourth-order valence-corrected chi connectivity index (χ4v) is 2.75. The van der Waals surface area contributed by atoms with Crippen LogP contribution in [0.5, 0.6) is 0 Å². The lowest BCUT2D eigenvalue weighted by Gasteiger charge is -2.15. The highest BCUT2D eigenvalue weighted by Crippen LogP contribution is 2.28. The van der Waals surface area contributed by atoms with Crippen LogP contribution in [0.4, 0.5) is 4.39 Å². The predicted octanol–water partition coefficient (Wildman–Crippen LogP) is 3.65. The van der Waals surface area contributed by atoms with Gasteiger partial charge in [0.05, 0.1) is 22.3 Å². The maximum absolute atomic E-state index is 13.2. The molecule has 0 radical (unpaired) electrons. The molecule has 8 heteroatoms. The van der Waals surface area contributed by atoms with Crippen LogP contribution < -0.4 is 5.32 Å². The molecule has 3 aromatic rings. The molecule has 0 aliphatic rings. The zero-order chi connectivity index (χ0) is 21.1. The number of rotatable bonds is 6. The van der Waals surface area contributed by atoms with Gasteiger partial charge < -0.3 is 14.6 Å². The minimum absolute atomic E-state index is 0.160. The van der Waals surface area contributed by atoms with Crippen molar-refractivity contribution in [3.8, 4) is 11.3 Å². The number of hydrogen-bond donors (Lipinski definition) is 1. The van der Waals surface area contributed by atoms with Crippen LogP contribution in [0.1, 0.15) is 36.8 Å². The Hall–Kier alpha value is -3.29. The van der Waals surface area contributed by atoms with Crippen LogP contribution >= 0.6 is 0 Å². The van der Waals surface area contributed by atoms with Gasteiger partial charge in [0, 0.05) is 12.1 Å². The van der Waals surface area contributed by atoms with E-state index >= 15 is 0 Å². The van der Waals surface area contributed by atoms with E-state index in [0.29, 0.717) is 28.9 Å². The lowest BCUT2D eigenvalue weighted by atomic mass is 10.1. The van der Waals surface area contributed by atoms with E-state index in [-0.39, 0.29) is 28.9 Å². The van der Waals surface area contributed by atoms with Crippen molar-refractivity contribution >= 4 is 23.0 Å². The van der Waals surface area contributed by atoms with Gasteiger partial charge >= 0.3 is 5.97 Å². The molecule has 152 valence electrons. The van der Waals surface area contributed by atoms with E-state index in [9.17, 15) is 14.0 Å². The number of nitrogens with zero attached hydrogens (tertiary/aromatic N) is 2. The van der Waals surface area contributed by atoms with Crippen molar-refractivity contribution in [3.63, 3.8) is 0 Å². The Labute approximate surface area is 167 Å². The van der Waals surface area contributed by atoms with Gasteiger partial charge in [-0.25, -0.2) is 14.2 Å². The van der Waals surface area contributed by atoms with E-state index in [1.807, 2.05) is 13.8 Å². The number of esters is 1. The number of amides is 1. The molecule has 0 aliphatic heterocycles. The smallest absolute Gasteiger partial charge is 0.339 e. The lowest BCUT2D eigenvalue weighted by molar-refractivity contribution is -0.129. The van der Waals surface area contributed by atoms with Crippen LogP contribution in [0.15, 0.2) is 34.9 Å². The van der Waals surface area contributed by atoms with E-state index in [2.05, 4.69) is 15.5 Å². The summed E-state index contributed by atoms with van der Waals surface area (Å²) in [6.45, 7) is 7.61. The fraction of sp³-hybridized carbons (Fsp3) is 0.333. The molecule has 1 aromatic carbocycles. The van der Waals surface area contributed by atoms with Crippen LogP contribution in [0.3, 0.4) is 0 Å². The third-order valence-corrected chi connectivity index (χ3v) is 4.31. The second-order valence-corrected chi connectivity index (χ2v) is 7.20. The molecule has 2 heterocycles. The van der Waals surface area contributed by atoms with Crippen molar-refractivity contribution in [3.05, 3.63) is 47.4 Å². The summed E-state index contributed by atoms with van der Waals surface area (Å²) >= 11 is 0. The van der Waals surface area contributed by atoms with Gasteiger partial charge in [-0.15, -0.1) is 0 Å². The number of nitrogens with one attached hydrogen (secondary N) is 1. The number of pyridine rings is 1. The van der Waals surface area contributed by atoms with Gasteiger partial charge in [0.1, 0.15) is 5.82 Å². The second kappa shape index (κ2) is 8.38. The second-order valence-electron chi connectivity index (χ2n) is 7.20. The summed E-state index contributed by atoms with van der Waals surface area (Å²) in [4.78, 5) is 29.4. The lowest BCUT2D eigenvalue weighted by Crippen LogP contribution is -2.37. The maximum atomic E-state index is 13.2. The quantitative estimate of drug-likeness (QED) is 0.636. The van der Waals surface area contributed by atoms with Gasteiger partial charge in [0.15, 0.2) is 6.10 Å². The number of ether oxygens (including phenoxy) is 1. The summed E-state index contributed by atoms with van der Waals surface area (Å²) in [6, 6.07) is 7.21. The Morgan fingerprint density at radius 1 is 1.21 bits per heavy atom. The normalized spacial score (nSPS) is 12.2. The Kier molecular flexibility index (Phi) is 5.91.